The van der Waals surface area contributed by atoms with Crippen molar-refractivity contribution in [3.05, 3.63) is 57.6 Å². The molecule has 1 N–H and O–H groups in total. The fourth-order valence-electron chi connectivity index (χ4n) is 2.26. The normalized spacial score (nSPS) is 11.0. The van der Waals surface area contributed by atoms with Gasteiger partial charge in [0, 0.05) is 5.02 Å². The summed E-state index contributed by atoms with van der Waals surface area (Å²) in [5.41, 5.74) is 3.98. The molecular weight excluding hydrogens is 284 g/mol. The second-order valence-electron chi connectivity index (χ2n) is 5.65. The number of halogens is 1. The van der Waals surface area contributed by atoms with Crippen LogP contribution in [0, 0.1) is 13.8 Å². The number of aliphatic hydroxyl groups excluding tert-OH is 1. The highest BCUT2D eigenvalue weighted by atomic mass is 35.5. The second kappa shape index (κ2) is 6.50. The van der Waals surface area contributed by atoms with Gasteiger partial charge in [-0.3, -0.25) is 0 Å². The van der Waals surface area contributed by atoms with Gasteiger partial charge >= 0.3 is 0 Å². The summed E-state index contributed by atoms with van der Waals surface area (Å²) in [5, 5.41) is 9.94. The zero-order valence-corrected chi connectivity index (χ0v) is 13.7. The van der Waals surface area contributed by atoms with Gasteiger partial charge in [0.05, 0.1) is 6.61 Å². The zero-order valence-electron chi connectivity index (χ0n) is 12.9. The van der Waals surface area contributed by atoms with E-state index in [4.69, 9.17) is 21.4 Å². The van der Waals surface area contributed by atoms with Crippen LogP contribution in [0.1, 0.15) is 42.0 Å². The molecule has 0 unspecified atom stereocenters. The summed E-state index contributed by atoms with van der Waals surface area (Å²) in [4.78, 5) is 0. The van der Waals surface area contributed by atoms with Crippen molar-refractivity contribution in [1.82, 2.24) is 0 Å². The van der Waals surface area contributed by atoms with Crippen molar-refractivity contribution in [3.63, 3.8) is 0 Å². The van der Waals surface area contributed by atoms with Crippen LogP contribution in [0.3, 0.4) is 0 Å². The van der Waals surface area contributed by atoms with Crippen molar-refractivity contribution in [3.8, 4) is 11.5 Å². The Morgan fingerprint density at radius 1 is 1.05 bits per heavy atom. The van der Waals surface area contributed by atoms with E-state index in [1.807, 2.05) is 44.2 Å². The summed E-state index contributed by atoms with van der Waals surface area (Å²) in [6, 6.07) is 9.66. The molecule has 2 rings (SSSR count). The molecule has 0 atom stereocenters. The average molecular weight is 305 g/mol. The summed E-state index contributed by atoms with van der Waals surface area (Å²) in [6.45, 7) is 8.23. The van der Waals surface area contributed by atoms with E-state index in [0.29, 0.717) is 5.92 Å². The van der Waals surface area contributed by atoms with Crippen LogP contribution in [0.2, 0.25) is 5.02 Å². The molecule has 0 aromatic heterocycles. The molecule has 0 saturated carbocycles. The molecule has 0 saturated heterocycles. The first-order chi connectivity index (χ1) is 9.92. The lowest BCUT2D eigenvalue weighted by molar-refractivity contribution is 0.281. The molecule has 2 nitrogen and oxygen atoms in total. The standard InChI is InChI=1S/C18H21ClO2/c1-11(2)15-9-18(13(4)8-16(15)19)21-17-6-5-14(10-20)7-12(17)3/h5-9,11,20H,10H2,1-4H3. The number of hydrogen-bond donors (Lipinski definition) is 1. The predicted octanol–water partition coefficient (Wildman–Crippen LogP) is 5.36. The van der Waals surface area contributed by atoms with Crippen LogP contribution < -0.4 is 4.74 Å². The van der Waals surface area contributed by atoms with E-state index >= 15 is 0 Å². The van der Waals surface area contributed by atoms with Crippen molar-refractivity contribution in [2.75, 3.05) is 0 Å². The summed E-state index contributed by atoms with van der Waals surface area (Å²) >= 11 is 6.29. The van der Waals surface area contributed by atoms with Crippen LogP contribution in [-0.2, 0) is 6.61 Å². The molecular formula is C18H21ClO2. The monoisotopic (exact) mass is 304 g/mol. The Balaban J connectivity index is 2.37. The summed E-state index contributed by atoms with van der Waals surface area (Å²) < 4.78 is 6.04. The minimum Gasteiger partial charge on any atom is -0.457 e. The van der Waals surface area contributed by atoms with Crippen LogP contribution in [0.15, 0.2) is 30.3 Å². The first-order valence-corrected chi connectivity index (χ1v) is 7.48. The summed E-state index contributed by atoms with van der Waals surface area (Å²) in [5.74, 6) is 1.97. The van der Waals surface area contributed by atoms with E-state index in [9.17, 15) is 0 Å². The largest absolute Gasteiger partial charge is 0.457 e. The molecule has 3 heteroatoms. The molecule has 0 bridgehead atoms. The molecule has 2 aromatic carbocycles. The van der Waals surface area contributed by atoms with Gasteiger partial charge in [-0.25, -0.2) is 0 Å². The fraction of sp³-hybridized carbons (Fsp3) is 0.333. The maximum absolute atomic E-state index is 9.16. The molecule has 0 fully saturated rings. The van der Waals surface area contributed by atoms with Crippen molar-refractivity contribution < 1.29 is 9.84 Å². The van der Waals surface area contributed by atoms with E-state index in [0.717, 1.165) is 38.8 Å². The Morgan fingerprint density at radius 3 is 2.29 bits per heavy atom. The third kappa shape index (κ3) is 3.58. The van der Waals surface area contributed by atoms with Gasteiger partial charge in [-0.2, -0.15) is 0 Å². The Bertz CT molecular complexity index is 648. The third-order valence-electron chi connectivity index (χ3n) is 3.56. The lowest BCUT2D eigenvalue weighted by Gasteiger charge is -2.16. The SMILES string of the molecule is Cc1cc(CO)ccc1Oc1cc(C(C)C)c(Cl)cc1C. The number of hydrogen-bond acceptors (Lipinski definition) is 2. The highest BCUT2D eigenvalue weighted by molar-refractivity contribution is 6.31. The van der Waals surface area contributed by atoms with E-state index < -0.39 is 0 Å². The molecule has 21 heavy (non-hydrogen) atoms. The molecule has 0 spiro atoms. The molecule has 0 aliphatic carbocycles. The average Bonchev–Trinajstić information content (AvgIpc) is 2.43. The predicted molar refractivity (Wildman–Crippen MR) is 87.5 cm³/mol. The molecule has 112 valence electrons. The summed E-state index contributed by atoms with van der Waals surface area (Å²) in [6.07, 6.45) is 0. The van der Waals surface area contributed by atoms with Gasteiger partial charge < -0.3 is 9.84 Å². The fourth-order valence-corrected chi connectivity index (χ4v) is 2.70. The van der Waals surface area contributed by atoms with Gasteiger partial charge in [0.15, 0.2) is 0 Å². The van der Waals surface area contributed by atoms with Crippen LogP contribution in [0.25, 0.3) is 0 Å². The Hall–Kier alpha value is -1.51. The van der Waals surface area contributed by atoms with Crippen LogP contribution in [0.5, 0.6) is 11.5 Å². The van der Waals surface area contributed by atoms with E-state index in [2.05, 4.69) is 13.8 Å². The van der Waals surface area contributed by atoms with E-state index in [1.54, 1.807) is 0 Å². The maximum Gasteiger partial charge on any atom is 0.130 e. The molecule has 0 aliphatic rings. The van der Waals surface area contributed by atoms with Gasteiger partial charge in [0.1, 0.15) is 11.5 Å². The molecule has 0 aliphatic heterocycles. The quantitative estimate of drug-likeness (QED) is 0.823. The number of aliphatic hydroxyl groups is 1. The highest BCUT2D eigenvalue weighted by Gasteiger charge is 2.11. The maximum atomic E-state index is 9.16. The Morgan fingerprint density at radius 2 is 1.71 bits per heavy atom. The van der Waals surface area contributed by atoms with Crippen LogP contribution in [0.4, 0.5) is 0 Å². The number of aryl methyl sites for hydroxylation is 2. The van der Waals surface area contributed by atoms with Gasteiger partial charge in [-0.05, 0) is 60.2 Å². The first-order valence-electron chi connectivity index (χ1n) is 7.10. The molecule has 0 amide bonds. The Kier molecular flexibility index (Phi) is 4.92. The molecule has 0 radical (unpaired) electrons. The minimum atomic E-state index is 0.0403. The van der Waals surface area contributed by atoms with Crippen molar-refractivity contribution >= 4 is 11.6 Å². The van der Waals surface area contributed by atoms with Gasteiger partial charge in [-0.15, -0.1) is 0 Å². The van der Waals surface area contributed by atoms with Crippen molar-refractivity contribution in [2.45, 2.75) is 40.2 Å². The lowest BCUT2D eigenvalue weighted by atomic mass is 10.0. The van der Waals surface area contributed by atoms with Crippen molar-refractivity contribution in [1.29, 1.82) is 0 Å². The zero-order chi connectivity index (χ0) is 15.6. The number of ether oxygens (including phenoxy) is 1. The van der Waals surface area contributed by atoms with Crippen LogP contribution in [-0.4, -0.2) is 5.11 Å². The van der Waals surface area contributed by atoms with E-state index in [1.165, 1.54) is 0 Å². The topological polar surface area (TPSA) is 29.5 Å². The first kappa shape index (κ1) is 15.9. The van der Waals surface area contributed by atoms with Crippen LogP contribution >= 0.6 is 11.6 Å². The van der Waals surface area contributed by atoms with Gasteiger partial charge in [0.25, 0.3) is 0 Å². The molecule has 0 heterocycles. The smallest absolute Gasteiger partial charge is 0.130 e. The number of benzene rings is 2. The second-order valence-corrected chi connectivity index (χ2v) is 6.06. The number of rotatable bonds is 4. The lowest BCUT2D eigenvalue weighted by Crippen LogP contribution is -1.96. The van der Waals surface area contributed by atoms with Crippen molar-refractivity contribution in [2.24, 2.45) is 0 Å². The Labute approximate surface area is 131 Å². The highest BCUT2D eigenvalue weighted by Crippen LogP contribution is 2.34. The van der Waals surface area contributed by atoms with Gasteiger partial charge in [0.2, 0.25) is 0 Å². The summed E-state index contributed by atoms with van der Waals surface area (Å²) in [7, 11) is 0. The van der Waals surface area contributed by atoms with E-state index in [-0.39, 0.29) is 6.61 Å². The molecule has 2 aromatic rings. The van der Waals surface area contributed by atoms with Gasteiger partial charge in [-0.1, -0.05) is 37.6 Å². The minimum absolute atomic E-state index is 0.0403. The third-order valence-corrected chi connectivity index (χ3v) is 3.89.